The standard InChI is InChI=1S/C44H27NO2/c1-3-11-28(12-4-1)29-19-21-35(22-20-29)45(34-17-5-2-6-18-34)42-43-38(36-23-30-13-7-9-15-32(30)25-40(36)46-43)27-39-37-24-31-14-8-10-16-33(31)26-41(37)47-44(39)42/h1-27H. The highest BCUT2D eigenvalue weighted by molar-refractivity contribution is 6.24. The highest BCUT2D eigenvalue weighted by Crippen LogP contribution is 2.49. The van der Waals surface area contributed by atoms with E-state index in [1.165, 1.54) is 16.3 Å². The van der Waals surface area contributed by atoms with Crippen LogP contribution in [0.1, 0.15) is 0 Å². The normalized spacial score (nSPS) is 11.8. The van der Waals surface area contributed by atoms with Gasteiger partial charge in [-0.2, -0.15) is 0 Å². The summed E-state index contributed by atoms with van der Waals surface area (Å²) in [5.41, 5.74) is 8.57. The van der Waals surface area contributed by atoms with E-state index in [9.17, 15) is 0 Å². The third kappa shape index (κ3) is 4.07. The predicted octanol–water partition coefficient (Wildman–Crippen LogP) is 12.9. The summed E-state index contributed by atoms with van der Waals surface area (Å²) in [5.74, 6) is 0. The quantitative estimate of drug-likeness (QED) is 0.201. The molecule has 8 aromatic carbocycles. The second-order valence-corrected chi connectivity index (χ2v) is 12.2. The third-order valence-corrected chi connectivity index (χ3v) is 9.38. The Kier molecular flexibility index (Phi) is 5.57. The Hall–Kier alpha value is -6.32. The Morgan fingerprint density at radius 3 is 1.30 bits per heavy atom. The molecule has 2 aromatic heterocycles. The van der Waals surface area contributed by atoms with Crippen LogP contribution in [0.5, 0.6) is 0 Å². The minimum atomic E-state index is 0.794. The molecule has 0 N–H and O–H groups in total. The van der Waals surface area contributed by atoms with Crippen molar-refractivity contribution in [2.45, 2.75) is 0 Å². The summed E-state index contributed by atoms with van der Waals surface area (Å²) in [6.45, 7) is 0. The maximum Gasteiger partial charge on any atom is 0.163 e. The molecular formula is C44H27NO2. The largest absolute Gasteiger partial charge is 0.454 e. The highest BCUT2D eigenvalue weighted by atomic mass is 16.3. The lowest BCUT2D eigenvalue weighted by Crippen LogP contribution is -2.10. The molecule has 0 fully saturated rings. The summed E-state index contributed by atoms with van der Waals surface area (Å²) in [5, 5.41) is 8.97. The average molecular weight is 602 g/mol. The first-order valence-electron chi connectivity index (χ1n) is 15.9. The number of hydrogen-bond donors (Lipinski definition) is 0. The number of anilines is 3. The van der Waals surface area contributed by atoms with Gasteiger partial charge < -0.3 is 13.7 Å². The number of fused-ring (bicyclic) bond motifs is 8. The zero-order valence-electron chi connectivity index (χ0n) is 25.4. The fraction of sp³-hybridized carbons (Fsp3) is 0. The van der Waals surface area contributed by atoms with Gasteiger partial charge >= 0.3 is 0 Å². The average Bonchev–Trinajstić information content (AvgIpc) is 3.67. The molecule has 0 aliphatic carbocycles. The molecule has 0 saturated carbocycles. The number of rotatable bonds is 4. The Labute approximate surface area is 270 Å². The first kappa shape index (κ1) is 26.0. The molecule has 0 aliphatic rings. The SMILES string of the molecule is c1ccc(-c2ccc(N(c3ccccc3)c3c4oc5cc6ccccc6cc5c4cc4c3oc3cc5ccccc5cc34)cc2)cc1. The van der Waals surface area contributed by atoms with Gasteiger partial charge in [0.05, 0.1) is 0 Å². The molecule has 2 heterocycles. The summed E-state index contributed by atoms with van der Waals surface area (Å²) in [6, 6.07) is 57.7. The van der Waals surface area contributed by atoms with Crippen LogP contribution in [0.25, 0.3) is 76.5 Å². The van der Waals surface area contributed by atoms with Crippen LogP contribution in [-0.2, 0) is 0 Å². The molecule has 220 valence electrons. The number of nitrogens with zero attached hydrogens (tertiary/aromatic N) is 1. The Balaban J connectivity index is 1.33. The van der Waals surface area contributed by atoms with Gasteiger partial charge in [0.1, 0.15) is 16.9 Å². The molecule has 10 rings (SSSR count). The van der Waals surface area contributed by atoms with Crippen LogP contribution in [0.15, 0.2) is 173 Å². The Morgan fingerprint density at radius 2 is 0.766 bits per heavy atom. The van der Waals surface area contributed by atoms with Gasteiger partial charge in [0.2, 0.25) is 0 Å². The van der Waals surface area contributed by atoms with Crippen molar-refractivity contribution in [3.05, 3.63) is 164 Å². The predicted molar refractivity (Wildman–Crippen MR) is 196 cm³/mol. The molecule has 3 nitrogen and oxygen atoms in total. The smallest absolute Gasteiger partial charge is 0.163 e. The minimum absolute atomic E-state index is 0.794. The van der Waals surface area contributed by atoms with Gasteiger partial charge in [-0.3, -0.25) is 0 Å². The first-order valence-corrected chi connectivity index (χ1v) is 15.9. The molecule has 10 aromatic rings. The van der Waals surface area contributed by atoms with E-state index < -0.39 is 0 Å². The van der Waals surface area contributed by atoms with Crippen LogP contribution >= 0.6 is 0 Å². The number of hydrogen-bond acceptors (Lipinski definition) is 3. The van der Waals surface area contributed by atoms with Crippen LogP contribution in [-0.4, -0.2) is 0 Å². The topological polar surface area (TPSA) is 29.5 Å². The van der Waals surface area contributed by atoms with Gasteiger partial charge in [0, 0.05) is 32.9 Å². The van der Waals surface area contributed by atoms with Gasteiger partial charge in [-0.1, -0.05) is 109 Å². The van der Waals surface area contributed by atoms with Crippen molar-refractivity contribution in [2.75, 3.05) is 4.90 Å². The number of para-hydroxylation sites is 1. The van der Waals surface area contributed by atoms with E-state index in [2.05, 4.69) is 163 Å². The second-order valence-electron chi connectivity index (χ2n) is 12.2. The first-order chi connectivity index (χ1) is 23.3. The van der Waals surface area contributed by atoms with Crippen molar-refractivity contribution in [1.82, 2.24) is 0 Å². The van der Waals surface area contributed by atoms with E-state index in [4.69, 9.17) is 8.83 Å². The van der Waals surface area contributed by atoms with Gasteiger partial charge in [0.25, 0.3) is 0 Å². The van der Waals surface area contributed by atoms with Crippen molar-refractivity contribution in [3.63, 3.8) is 0 Å². The van der Waals surface area contributed by atoms with Crippen molar-refractivity contribution >= 4 is 82.5 Å². The third-order valence-electron chi connectivity index (χ3n) is 9.38. The zero-order valence-corrected chi connectivity index (χ0v) is 25.4. The lowest BCUT2D eigenvalue weighted by Gasteiger charge is -2.25. The fourth-order valence-corrected chi connectivity index (χ4v) is 7.11. The van der Waals surface area contributed by atoms with E-state index in [1.807, 2.05) is 6.07 Å². The van der Waals surface area contributed by atoms with Crippen LogP contribution in [0.4, 0.5) is 17.1 Å². The molecule has 0 unspecified atom stereocenters. The van der Waals surface area contributed by atoms with Crippen molar-refractivity contribution < 1.29 is 8.83 Å². The molecule has 0 spiro atoms. The van der Waals surface area contributed by atoms with E-state index in [-0.39, 0.29) is 0 Å². The van der Waals surface area contributed by atoms with Gasteiger partial charge in [-0.05, 0) is 87.3 Å². The van der Waals surface area contributed by atoms with Crippen molar-refractivity contribution in [1.29, 1.82) is 0 Å². The van der Waals surface area contributed by atoms with E-state index in [0.29, 0.717) is 0 Å². The Morgan fingerprint density at radius 1 is 0.340 bits per heavy atom. The van der Waals surface area contributed by atoms with Crippen molar-refractivity contribution in [2.24, 2.45) is 0 Å². The van der Waals surface area contributed by atoms with E-state index in [0.717, 1.165) is 77.3 Å². The maximum atomic E-state index is 6.89. The van der Waals surface area contributed by atoms with E-state index >= 15 is 0 Å². The lowest BCUT2D eigenvalue weighted by atomic mass is 10.0. The Bertz CT molecular complexity index is 2650. The summed E-state index contributed by atoms with van der Waals surface area (Å²) in [4.78, 5) is 2.28. The molecular weight excluding hydrogens is 574 g/mol. The summed E-state index contributed by atoms with van der Waals surface area (Å²) in [6.07, 6.45) is 0. The number of benzene rings is 8. The summed E-state index contributed by atoms with van der Waals surface area (Å²) >= 11 is 0. The molecule has 0 aliphatic heterocycles. The van der Waals surface area contributed by atoms with E-state index in [1.54, 1.807) is 0 Å². The van der Waals surface area contributed by atoms with Crippen LogP contribution in [0, 0.1) is 0 Å². The van der Waals surface area contributed by atoms with Gasteiger partial charge in [0.15, 0.2) is 11.2 Å². The maximum absolute atomic E-state index is 6.89. The molecule has 0 amide bonds. The van der Waals surface area contributed by atoms with Crippen LogP contribution < -0.4 is 4.90 Å². The van der Waals surface area contributed by atoms with Crippen LogP contribution in [0.2, 0.25) is 0 Å². The zero-order chi connectivity index (χ0) is 30.9. The van der Waals surface area contributed by atoms with Crippen LogP contribution in [0.3, 0.4) is 0 Å². The van der Waals surface area contributed by atoms with Gasteiger partial charge in [-0.25, -0.2) is 0 Å². The molecule has 0 radical (unpaired) electrons. The summed E-state index contributed by atoms with van der Waals surface area (Å²) < 4.78 is 13.8. The number of furan rings is 2. The van der Waals surface area contributed by atoms with Crippen molar-refractivity contribution in [3.8, 4) is 11.1 Å². The van der Waals surface area contributed by atoms with Gasteiger partial charge in [-0.15, -0.1) is 0 Å². The fourth-order valence-electron chi connectivity index (χ4n) is 7.11. The molecule has 0 saturated heterocycles. The molecule has 0 atom stereocenters. The highest BCUT2D eigenvalue weighted by Gasteiger charge is 2.26. The molecule has 3 heteroatoms. The molecule has 47 heavy (non-hydrogen) atoms. The monoisotopic (exact) mass is 601 g/mol. The molecule has 0 bridgehead atoms. The minimum Gasteiger partial charge on any atom is -0.454 e. The second kappa shape index (κ2) is 10.1. The lowest BCUT2D eigenvalue weighted by molar-refractivity contribution is 0.657. The summed E-state index contributed by atoms with van der Waals surface area (Å²) in [7, 11) is 0.